The summed E-state index contributed by atoms with van der Waals surface area (Å²) < 4.78 is 6.03. The van der Waals surface area contributed by atoms with Crippen molar-refractivity contribution in [2.45, 2.75) is 6.92 Å². The lowest BCUT2D eigenvalue weighted by atomic mass is 10.2. The van der Waals surface area contributed by atoms with Crippen LogP contribution in [0.5, 0.6) is 5.75 Å². The average molecular weight is 422 g/mol. The van der Waals surface area contributed by atoms with E-state index in [4.69, 9.17) is 4.74 Å². The van der Waals surface area contributed by atoms with Gasteiger partial charge in [0.25, 0.3) is 11.6 Å². The van der Waals surface area contributed by atoms with Gasteiger partial charge in [-0.1, -0.05) is 18.2 Å². The molecule has 26 heavy (non-hydrogen) atoms. The third-order valence-electron chi connectivity index (χ3n) is 3.41. The number of carbonyl (C=O) groups excluding carboxylic acids is 2. The molecule has 0 saturated carbocycles. The molecule has 0 aliphatic rings. The average Bonchev–Trinajstić information content (AvgIpc) is 2.61. The molecule has 0 aromatic heterocycles. The highest BCUT2D eigenvalue weighted by atomic mass is 79.9. The number of rotatable bonds is 7. The van der Waals surface area contributed by atoms with Crippen molar-refractivity contribution in [3.63, 3.8) is 0 Å². The summed E-state index contributed by atoms with van der Waals surface area (Å²) in [7, 11) is 0. The number of amides is 2. The molecule has 0 fully saturated rings. The molecule has 136 valence electrons. The molecule has 2 N–H and O–H groups in total. The number of benzene rings is 2. The highest BCUT2D eigenvalue weighted by Crippen LogP contribution is 2.26. The maximum absolute atomic E-state index is 11.9. The van der Waals surface area contributed by atoms with Crippen LogP contribution in [-0.2, 0) is 9.59 Å². The Balaban J connectivity index is 1.82. The summed E-state index contributed by atoms with van der Waals surface area (Å²) in [5, 5.41) is 16.0. The third-order valence-corrected chi connectivity index (χ3v) is 4.10. The molecule has 2 rings (SSSR count). The Labute approximate surface area is 157 Å². The van der Waals surface area contributed by atoms with Crippen molar-refractivity contribution in [2.24, 2.45) is 0 Å². The van der Waals surface area contributed by atoms with Crippen molar-refractivity contribution in [1.82, 2.24) is 5.32 Å². The van der Waals surface area contributed by atoms with Gasteiger partial charge in [0.05, 0.1) is 22.7 Å². The number of hydrogen-bond donors (Lipinski definition) is 2. The van der Waals surface area contributed by atoms with Crippen LogP contribution in [0.4, 0.5) is 11.4 Å². The van der Waals surface area contributed by atoms with Gasteiger partial charge in [-0.2, -0.15) is 0 Å². The van der Waals surface area contributed by atoms with Crippen molar-refractivity contribution in [3.05, 3.63) is 62.6 Å². The van der Waals surface area contributed by atoms with Crippen LogP contribution in [0, 0.1) is 17.0 Å². The van der Waals surface area contributed by atoms with Gasteiger partial charge in [0.2, 0.25) is 5.91 Å². The zero-order chi connectivity index (χ0) is 19.1. The smallest absolute Gasteiger partial charge is 0.276 e. The van der Waals surface area contributed by atoms with Crippen molar-refractivity contribution in [2.75, 3.05) is 18.5 Å². The summed E-state index contributed by atoms with van der Waals surface area (Å²) in [6.45, 7) is 0.957. The number of anilines is 1. The predicted octanol–water partition coefficient (Wildman–Crippen LogP) is 2.80. The largest absolute Gasteiger partial charge is 0.483 e. The van der Waals surface area contributed by atoms with Gasteiger partial charge in [0, 0.05) is 10.5 Å². The summed E-state index contributed by atoms with van der Waals surface area (Å²) >= 11 is 3.31. The fourth-order valence-corrected chi connectivity index (χ4v) is 2.47. The Morgan fingerprint density at radius 2 is 1.88 bits per heavy atom. The Hall–Kier alpha value is -2.94. The van der Waals surface area contributed by atoms with Crippen LogP contribution in [0.1, 0.15) is 5.56 Å². The van der Waals surface area contributed by atoms with Gasteiger partial charge in [-0.15, -0.1) is 0 Å². The SMILES string of the molecule is Cc1c(OCC(=O)NCC(=O)Nc2ccccc2Br)cccc1[N+](=O)[O-]. The summed E-state index contributed by atoms with van der Waals surface area (Å²) in [5.74, 6) is -0.665. The van der Waals surface area contributed by atoms with E-state index in [1.807, 2.05) is 6.07 Å². The van der Waals surface area contributed by atoms with Crippen LogP contribution in [0.15, 0.2) is 46.9 Å². The van der Waals surface area contributed by atoms with E-state index in [1.54, 1.807) is 18.2 Å². The topological polar surface area (TPSA) is 111 Å². The van der Waals surface area contributed by atoms with E-state index < -0.39 is 16.7 Å². The third kappa shape index (κ3) is 5.28. The standard InChI is InChI=1S/C17H16BrN3O5/c1-11-14(21(24)25)7-4-8-15(11)26-10-17(23)19-9-16(22)20-13-6-3-2-5-12(13)18/h2-8H,9-10H2,1H3,(H,19,23)(H,20,22). The van der Waals surface area contributed by atoms with Crippen LogP contribution in [0.2, 0.25) is 0 Å². The summed E-state index contributed by atoms with van der Waals surface area (Å²) in [6, 6.07) is 11.5. The molecule has 9 heteroatoms. The zero-order valence-electron chi connectivity index (χ0n) is 13.8. The minimum Gasteiger partial charge on any atom is -0.483 e. The van der Waals surface area contributed by atoms with E-state index in [1.165, 1.54) is 25.1 Å². The zero-order valence-corrected chi connectivity index (χ0v) is 15.4. The van der Waals surface area contributed by atoms with Crippen molar-refractivity contribution < 1.29 is 19.2 Å². The van der Waals surface area contributed by atoms with E-state index in [9.17, 15) is 19.7 Å². The van der Waals surface area contributed by atoms with E-state index in [2.05, 4.69) is 26.6 Å². The molecule has 2 amide bonds. The number of para-hydroxylation sites is 1. The molecule has 8 nitrogen and oxygen atoms in total. The molecule has 0 heterocycles. The molecule has 0 aliphatic carbocycles. The lowest BCUT2D eigenvalue weighted by Gasteiger charge is -2.10. The second kappa shape index (κ2) is 8.95. The number of carbonyl (C=O) groups is 2. The summed E-state index contributed by atoms with van der Waals surface area (Å²) in [5.41, 5.74) is 0.836. The number of halogens is 1. The molecule has 0 radical (unpaired) electrons. The molecule has 2 aromatic carbocycles. The highest BCUT2D eigenvalue weighted by Gasteiger charge is 2.15. The number of nitrogens with zero attached hydrogens (tertiary/aromatic N) is 1. The van der Waals surface area contributed by atoms with Crippen LogP contribution in [0.3, 0.4) is 0 Å². The monoisotopic (exact) mass is 421 g/mol. The van der Waals surface area contributed by atoms with Crippen LogP contribution >= 0.6 is 15.9 Å². The molecule has 0 unspecified atom stereocenters. The van der Waals surface area contributed by atoms with Crippen molar-refractivity contribution in [1.29, 1.82) is 0 Å². The van der Waals surface area contributed by atoms with Gasteiger partial charge in [0.1, 0.15) is 5.75 Å². The maximum atomic E-state index is 11.9. The Bertz CT molecular complexity index is 841. The fraction of sp³-hybridized carbons (Fsp3) is 0.176. The number of nitro benzene ring substituents is 1. The van der Waals surface area contributed by atoms with Gasteiger partial charge >= 0.3 is 0 Å². The molecule has 0 saturated heterocycles. The number of hydrogen-bond acceptors (Lipinski definition) is 5. The van der Waals surface area contributed by atoms with Gasteiger partial charge in [-0.05, 0) is 41.1 Å². The first-order valence-electron chi connectivity index (χ1n) is 7.56. The van der Waals surface area contributed by atoms with Gasteiger partial charge < -0.3 is 15.4 Å². The predicted molar refractivity (Wildman–Crippen MR) is 99.1 cm³/mol. The molecule has 2 aromatic rings. The van der Waals surface area contributed by atoms with E-state index in [0.29, 0.717) is 11.3 Å². The molecule has 0 bridgehead atoms. The highest BCUT2D eigenvalue weighted by molar-refractivity contribution is 9.10. The molecular formula is C17H16BrN3O5. The molecule has 0 aliphatic heterocycles. The lowest BCUT2D eigenvalue weighted by Crippen LogP contribution is -2.35. The van der Waals surface area contributed by atoms with Gasteiger partial charge in [-0.3, -0.25) is 19.7 Å². The first-order chi connectivity index (χ1) is 12.4. The van der Waals surface area contributed by atoms with Gasteiger partial charge in [0.15, 0.2) is 6.61 Å². The number of nitrogens with one attached hydrogen (secondary N) is 2. The Morgan fingerprint density at radius 1 is 1.15 bits per heavy atom. The quantitative estimate of drug-likeness (QED) is 0.527. The number of nitro groups is 1. The van der Waals surface area contributed by atoms with Crippen molar-refractivity contribution >= 4 is 39.1 Å². The first-order valence-corrected chi connectivity index (χ1v) is 8.35. The van der Waals surface area contributed by atoms with E-state index >= 15 is 0 Å². The molecule has 0 atom stereocenters. The van der Waals surface area contributed by atoms with Crippen LogP contribution < -0.4 is 15.4 Å². The van der Waals surface area contributed by atoms with Crippen LogP contribution in [-0.4, -0.2) is 29.9 Å². The molecular weight excluding hydrogens is 406 g/mol. The summed E-state index contributed by atoms with van der Waals surface area (Å²) in [6.07, 6.45) is 0. The normalized spacial score (nSPS) is 10.1. The second-order valence-electron chi connectivity index (χ2n) is 5.25. The van der Waals surface area contributed by atoms with Crippen LogP contribution in [0.25, 0.3) is 0 Å². The second-order valence-corrected chi connectivity index (χ2v) is 6.11. The van der Waals surface area contributed by atoms with Gasteiger partial charge in [-0.25, -0.2) is 0 Å². The minimum absolute atomic E-state index is 0.0873. The fourth-order valence-electron chi connectivity index (χ4n) is 2.09. The lowest BCUT2D eigenvalue weighted by molar-refractivity contribution is -0.385. The van der Waals surface area contributed by atoms with E-state index in [0.717, 1.165) is 4.47 Å². The Kier molecular flexibility index (Phi) is 6.67. The summed E-state index contributed by atoms with van der Waals surface area (Å²) in [4.78, 5) is 34.0. The minimum atomic E-state index is -0.520. The van der Waals surface area contributed by atoms with Crippen molar-refractivity contribution in [3.8, 4) is 5.75 Å². The number of ether oxygens (including phenoxy) is 1. The Morgan fingerprint density at radius 3 is 2.58 bits per heavy atom. The van der Waals surface area contributed by atoms with E-state index in [-0.39, 0.29) is 24.6 Å². The maximum Gasteiger partial charge on any atom is 0.276 e. The first kappa shape index (κ1) is 19.4. The molecule has 0 spiro atoms.